The van der Waals surface area contributed by atoms with E-state index in [0.717, 1.165) is 30.0 Å². The molecule has 2 fully saturated rings. The highest BCUT2D eigenvalue weighted by molar-refractivity contribution is 5.79. The maximum atomic E-state index is 13.3. The van der Waals surface area contributed by atoms with Gasteiger partial charge < -0.3 is 14.7 Å². The highest BCUT2D eigenvalue weighted by Gasteiger charge is 2.27. The van der Waals surface area contributed by atoms with Gasteiger partial charge in [0.25, 0.3) is 0 Å². The third-order valence-corrected chi connectivity index (χ3v) is 6.06. The molecule has 0 atom stereocenters. The number of nitriles is 1. The van der Waals surface area contributed by atoms with Crippen molar-refractivity contribution in [2.45, 2.75) is 51.0 Å². The van der Waals surface area contributed by atoms with Crippen LogP contribution >= 0.6 is 0 Å². The molecule has 1 amide bonds. The van der Waals surface area contributed by atoms with Crippen molar-refractivity contribution in [3.63, 3.8) is 0 Å². The number of hydrogen-bond acceptors (Lipinski definition) is 5. The largest absolute Gasteiger partial charge is 0.370 e. The predicted molar refractivity (Wildman–Crippen MR) is 106 cm³/mol. The zero-order valence-corrected chi connectivity index (χ0v) is 16.4. The average molecular weight is 396 g/mol. The van der Waals surface area contributed by atoms with Gasteiger partial charge in [-0.15, -0.1) is 0 Å². The Hall–Kier alpha value is -2.88. The van der Waals surface area contributed by atoms with Gasteiger partial charge in [-0.25, -0.2) is 4.39 Å². The molecule has 6 nitrogen and oxygen atoms in total. The first-order chi connectivity index (χ1) is 14.1. The Balaban J connectivity index is 1.28. The lowest BCUT2D eigenvalue weighted by Gasteiger charge is -2.33. The van der Waals surface area contributed by atoms with Crippen molar-refractivity contribution < 1.29 is 13.7 Å². The molecule has 0 bridgehead atoms. The molecule has 2 heterocycles. The third kappa shape index (κ3) is 4.42. The summed E-state index contributed by atoms with van der Waals surface area (Å²) in [5, 5.41) is 16.3. The highest BCUT2D eigenvalue weighted by atomic mass is 19.1. The van der Waals surface area contributed by atoms with Crippen molar-refractivity contribution in [3.8, 4) is 6.07 Å². The van der Waals surface area contributed by atoms with Gasteiger partial charge in [-0.3, -0.25) is 4.79 Å². The number of hydrogen-bond donors (Lipinski definition) is 1. The Kier molecular flexibility index (Phi) is 5.79. The lowest BCUT2D eigenvalue weighted by atomic mass is 9.95. The molecular formula is C22H25FN4O2. The van der Waals surface area contributed by atoms with E-state index >= 15 is 0 Å². The van der Waals surface area contributed by atoms with E-state index in [4.69, 9.17) is 4.52 Å². The fourth-order valence-electron chi connectivity index (χ4n) is 4.39. The Morgan fingerprint density at radius 3 is 2.72 bits per heavy atom. The van der Waals surface area contributed by atoms with E-state index in [0.29, 0.717) is 44.0 Å². The number of anilines is 1. The van der Waals surface area contributed by atoms with Gasteiger partial charge in [-0.2, -0.15) is 5.26 Å². The van der Waals surface area contributed by atoms with Crippen LogP contribution in [0.1, 0.15) is 61.5 Å². The Labute approximate surface area is 169 Å². The molecule has 1 aromatic heterocycles. The number of aromatic nitrogens is 1. The zero-order chi connectivity index (χ0) is 20.2. The summed E-state index contributed by atoms with van der Waals surface area (Å²) >= 11 is 0. The Bertz CT molecular complexity index is 906. The first kappa shape index (κ1) is 19.4. The van der Waals surface area contributed by atoms with Crippen molar-refractivity contribution in [2.75, 3.05) is 18.0 Å². The number of halogens is 1. The van der Waals surface area contributed by atoms with Crippen molar-refractivity contribution in [1.29, 1.82) is 5.26 Å². The third-order valence-electron chi connectivity index (χ3n) is 6.06. The summed E-state index contributed by atoms with van der Waals surface area (Å²) in [7, 11) is 0. The summed E-state index contributed by atoms with van der Waals surface area (Å²) < 4.78 is 18.8. The molecule has 0 radical (unpaired) electrons. The van der Waals surface area contributed by atoms with Crippen LogP contribution in [0.4, 0.5) is 10.1 Å². The van der Waals surface area contributed by atoms with Crippen LogP contribution in [0.3, 0.4) is 0 Å². The zero-order valence-electron chi connectivity index (χ0n) is 16.4. The summed E-state index contributed by atoms with van der Waals surface area (Å²) in [5.74, 6) is 0.949. The molecule has 0 unspecified atom stereocenters. The molecule has 4 rings (SSSR count). The van der Waals surface area contributed by atoms with E-state index in [9.17, 15) is 14.4 Å². The monoisotopic (exact) mass is 396 g/mol. The van der Waals surface area contributed by atoms with Crippen LogP contribution in [0.2, 0.25) is 0 Å². The molecule has 1 saturated carbocycles. The van der Waals surface area contributed by atoms with Crippen LogP contribution < -0.4 is 10.2 Å². The lowest BCUT2D eigenvalue weighted by molar-refractivity contribution is -0.125. The van der Waals surface area contributed by atoms with Crippen LogP contribution in [0.25, 0.3) is 0 Å². The summed E-state index contributed by atoms with van der Waals surface area (Å²) in [4.78, 5) is 14.6. The van der Waals surface area contributed by atoms with Crippen molar-refractivity contribution in [1.82, 2.24) is 10.5 Å². The van der Waals surface area contributed by atoms with E-state index in [1.54, 1.807) is 6.07 Å². The van der Waals surface area contributed by atoms with Gasteiger partial charge in [0.2, 0.25) is 5.91 Å². The van der Waals surface area contributed by atoms with Gasteiger partial charge in [-0.1, -0.05) is 18.0 Å². The maximum absolute atomic E-state index is 13.3. The normalized spacial score (nSPS) is 18.0. The topological polar surface area (TPSA) is 82.2 Å². The van der Waals surface area contributed by atoms with Gasteiger partial charge in [0.15, 0.2) is 0 Å². The Morgan fingerprint density at radius 2 is 2.00 bits per heavy atom. The first-order valence-corrected chi connectivity index (χ1v) is 10.3. The lowest BCUT2D eigenvalue weighted by Crippen LogP contribution is -2.40. The van der Waals surface area contributed by atoms with Crippen LogP contribution in [0.5, 0.6) is 0 Å². The minimum Gasteiger partial charge on any atom is -0.370 e. The molecule has 29 heavy (non-hydrogen) atoms. The van der Waals surface area contributed by atoms with Gasteiger partial charge in [-0.05, 0) is 43.9 Å². The molecule has 0 spiro atoms. The summed E-state index contributed by atoms with van der Waals surface area (Å²) in [6, 6.07) is 8.28. The SMILES string of the molecule is N#Cc1cc(F)ccc1N1CCC(C(=O)NCc2cc(C3CCCC3)on2)CC1. The fraction of sp³-hybridized carbons (Fsp3) is 0.500. The van der Waals surface area contributed by atoms with Crippen LogP contribution in [-0.2, 0) is 11.3 Å². The molecule has 2 aromatic rings. The number of nitrogens with one attached hydrogen (secondary N) is 1. The van der Waals surface area contributed by atoms with Crippen molar-refractivity contribution >= 4 is 11.6 Å². The molecule has 1 aliphatic carbocycles. The van der Waals surface area contributed by atoms with Gasteiger partial charge >= 0.3 is 0 Å². The molecule has 7 heteroatoms. The number of nitrogens with zero attached hydrogens (tertiary/aromatic N) is 3. The van der Waals surface area contributed by atoms with Crippen LogP contribution in [0.15, 0.2) is 28.8 Å². The van der Waals surface area contributed by atoms with E-state index in [1.165, 1.54) is 25.0 Å². The van der Waals surface area contributed by atoms with Crippen molar-refractivity contribution in [3.05, 3.63) is 47.1 Å². The van der Waals surface area contributed by atoms with E-state index in [1.807, 2.05) is 11.0 Å². The first-order valence-electron chi connectivity index (χ1n) is 10.3. The van der Waals surface area contributed by atoms with Gasteiger partial charge in [0.1, 0.15) is 23.3 Å². The number of piperidine rings is 1. The average Bonchev–Trinajstić information content (AvgIpc) is 3.44. The quantitative estimate of drug-likeness (QED) is 0.829. The fourth-order valence-corrected chi connectivity index (χ4v) is 4.39. The number of benzene rings is 1. The number of rotatable bonds is 5. The molecule has 1 N–H and O–H groups in total. The Morgan fingerprint density at radius 1 is 1.24 bits per heavy atom. The smallest absolute Gasteiger partial charge is 0.223 e. The second-order valence-electron chi connectivity index (χ2n) is 7.95. The van der Waals surface area contributed by atoms with Gasteiger partial charge in [0.05, 0.1) is 17.8 Å². The van der Waals surface area contributed by atoms with Crippen LogP contribution in [0, 0.1) is 23.1 Å². The van der Waals surface area contributed by atoms with E-state index in [2.05, 4.69) is 16.5 Å². The highest BCUT2D eigenvalue weighted by Crippen LogP contribution is 2.34. The minimum atomic E-state index is -0.413. The van der Waals surface area contributed by atoms with Crippen molar-refractivity contribution in [2.24, 2.45) is 5.92 Å². The van der Waals surface area contributed by atoms with E-state index in [-0.39, 0.29) is 11.8 Å². The number of carbonyl (C=O) groups excluding carboxylic acids is 1. The minimum absolute atomic E-state index is 0.0229. The summed E-state index contributed by atoms with van der Waals surface area (Å²) in [6.07, 6.45) is 6.18. The maximum Gasteiger partial charge on any atom is 0.223 e. The van der Waals surface area contributed by atoms with Gasteiger partial charge in [0, 0.05) is 31.0 Å². The summed E-state index contributed by atoms with van der Waals surface area (Å²) in [5.41, 5.74) is 1.83. The van der Waals surface area contributed by atoms with E-state index < -0.39 is 5.82 Å². The second kappa shape index (κ2) is 8.64. The molecule has 1 aliphatic heterocycles. The molecule has 2 aliphatic rings. The standard InChI is InChI=1S/C22H25FN4O2/c23-18-5-6-20(17(11-18)13-24)27-9-7-16(8-10-27)22(28)25-14-19-12-21(29-26-19)15-3-1-2-4-15/h5-6,11-12,15-16H,1-4,7-10,14H2,(H,25,28). The predicted octanol–water partition coefficient (Wildman–Crippen LogP) is 3.88. The summed E-state index contributed by atoms with van der Waals surface area (Å²) in [6.45, 7) is 1.70. The molecule has 1 saturated heterocycles. The number of amides is 1. The molecule has 152 valence electrons. The second-order valence-corrected chi connectivity index (χ2v) is 7.95. The van der Waals surface area contributed by atoms with Crippen LogP contribution in [-0.4, -0.2) is 24.2 Å². The number of carbonyl (C=O) groups is 1. The molecule has 1 aromatic carbocycles. The molecular weight excluding hydrogens is 371 g/mol.